The van der Waals surface area contributed by atoms with Crippen LogP contribution in [0.1, 0.15) is 13.8 Å². The predicted molar refractivity (Wildman–Crippen MR) is 142 cm³/mol. The van der Waals surface area contributed by atoms with Crippen molar-refractivity contribution < 1.29 is 27.4 Å². The van der Waals surface area contributed by atoms with E-state index in [2.05, 4.69) is 15.6 Å². The van der Waals surface area contributed by atoms with Crippen LogP contribution in [0.2, 0.25) is 0 Å². The molecule has 0 unspecified atom stereocenters. The van der Waals surface area contributed by atoms with E-state index in [4.69, 9.17) is 14.8 Å². The SMILES string of the molecule is C[C@H](CO)NC(=O)Nc1ccc(-c2cc(-c3cc(F)ccc3S(C)(=O)=O)nc(N3CCOC[C@@H]3C)n2)cc1. The van der Waals surface area contributed by atoms with Crippen LogP contribution < -0.4 is 15.5 Å². The van der Waals surface area contributed by atoms with E-state index in [1.54, 1.807) is 37.3 Å². The van der Waals surface area contributed by atoms with Gasteiger partial charge in [0, 0.05) is 29.6 Å². The summed E-state index contributed by atoms with van der Waals surface area (Å²) in [5, 5.41) is 14.4. The Bertz CT molecular complexity index is 1420. The lowest BCUT2D eigenvalue weighted by molar-refractivity contribution is 0.0981. The number of aliphatic hydroxyl groups excluding tert-OH is 1. The molecule has 10 nitrogen and oxygen atoms in total. The summed E-state index contributed by atoms with van der Waals surface area (Å²) < 4.78 is 44.8. The van der Waals surface area contributed by atoms with Crippen LogP contribution in [-0.4, -0.2) is 74.2 Å². The molecule has 2 amide bonds. The zero-order valence-corrected chi connectivity index (χ0v) is 22.1. The molecule has 0 aliphatic carbocycles. The number of hydrogen-bond acceptors (Lipinski definition) is 8. The van der Waals surface area contributed by atoms with E-state index in [-0.39, 0.29) is 28.8 Å². The number of amides is 2. The van der Waals surface area contributed by atoms with Gasteiger partial charge in [-0.25, -0.2) is 27.6 Å². The lowest BCUT2D eigenvalue weighted by Crippen LogP contribution is -2.44. The molecule has 2 aromatic carbocycles. The van der Waals surface area contributed by atoms with Crippen LogP contribution in [0, 0.1) is 5.82 Å². The van der Waals surface area contributed by atoms with Gasteiger partial charge in [-0.05, 0) is 50.2 Å². The monoisotopic (exact) mass is 543 g/mol. The number of ether oxygens (including phenoxy) is 1. The number of anilines is 2. The van der Waals surface area contributed by atoms with Crippen molar-refractivity contribution in [2.75, 3.05) is 42.8 Å². The number of carbonyl (C=O) groups excluding carboxylic acids is 1. The predicted octanol–water partition coefficient (Wildman–Crippen LogP) is 3.08. The first-order chi connectivity index (χ1) is 18.0. The minimum absolute atomic E-state index is 0.0276. The number of rotatable bonds is 7. The maximum Gasteiger partial charge on any atom is 0.319 e. The van der Waals surface area contributed by atoms with Crippen LogP contribution >= 0.6 is 0 Å². The topological polar surface area (TPSA) is 134 Å². The van der Waals surface area contributed by atoms with Gasteiger partial charge in [-0.1, -0.05) is 12.1 Å². The second-order valence-corrected chi connectivity index (χ2v) is 11.2. The first kappa shape index (κ1) is 27.4. The van der Waals surface area contributed by atoms with Gasteiger partial charge in [0.05, 0.1) is 48.2 Å². The fourth-order valence-electron chi connectivity index (χ4n) is 4.06. The lowest BCUT2D eigenvalue weighted by atomic mass is 10.1. The van der Waals surface area contributed by atoms with Crippen molar-refractivity contribution in [3.05, 3.63) is 54.3 Å². The highest BCUT2D eigenvalue weighted by molar-refractivity contribution is 7.90. The van der Waals surface area contributed by atoms with Crippen molar-refractivity contribution >= 4 is 27.5 Å². The molecule has 0 radical (unpaired) electrons. The standard InChI is InChI=1S/C26H30FN5O5S/c1-16(14-33)28-26(34)29-20-7-4-18(5-8-20)22-13-23(21-12-19(27)6-9-24(21)38(3,35)36)31-25(30-22)32-10-11-37-15-17(32)2/h4-9,12-13,16-17,33H,10-11,14-15H2,1-3H3,(H2,28,29,34)/t16-,17+/m1/s1. The molecule has 1 saturated heterocycles. The molecule has 3 aromatic rings. The largest absolute Gasteiger partial charge is 0.394 e. The van der Waals surface area contributed by atoms with Crippen molar-refractivity contribution in [2.24, 2.45) is 0 Å². The zero-order chi connectivity index (χ0) is 27.4. The van der Waals surface area contributed by atoms with E-state index >= 15 is 0 Å². The van der Waals surface area contributed by atoms with E-state index in [0.29, 0.717) is 42.7 Å². The summed E-state index contributed by atoms with van der Waals surface area (Å²) >= 11 is 0. The Morgan fingerprint density at radius 2 is 1.89 bits per heavy atom. The molecule has 0 bridgehead atoms. The van der Waals surface area contributed by atoms with Crippen molar-refractivity contribution in [1.82, 2.24) is 15.3 Å². The Labute approximate surface area is 220 Å². The highest BCUT2D eigenvalue weighted by atomic mass is 32.2. The molecule has 1 fully saturated rings. The molecule has 1 aromatic heterocycles. The molecule has 2 atom stereocenters. The normalized spacial score (nSPS) is 16.7. The van der Waals surface area contributed by atoms with E-state index in [1.165, 1.54) is 6.07 Å². The van der Waals surface area contributed by atoms with Crippen LogP contribution in [0.5, 0.6) is 0 Å². The Morgan fingerprint density at radius 3 is 2.55 bits per heavy atom. The molecule has 12 heteroatoms. The average molecular weight is 544 g/mol. The van der Waals surface area contributed by atoms with Crippen molar-refractivity contribution in [2.45, 2.75) is 30.8 Å². The molecule has 38 heavy (non-hydrogen) atoms. The molecule has 4 rings (SSSR count). The summed E-state index contributed by atoms with van der Waals surface area (Å²) in [4.78, 5) is 23.4. The van der Waals surface area contributed by atoms with E-state index in [9.17, 15) is 17.6 Å². The number of nitrogens with zero attached hydrogens (tertiary/aromatic N) is 3. The maximum absolute atomic E-state index is 14.3. The minimum atomic E-state index is -3.67. The number of sulfone groups is 1. The summed E-state index contributed by atoms with van der Waals surface area (Å²) in [7, 11) is -3.67. The molecule has 0 saturated carbocycles. The molecule has 3 N–H and O–H groups in total. The summed E-state index contributed by atoms with van der Waals surface area (Å²) in [5.41, 5.74) is 2.12. The van der Waals surface area contributed by atoms with Gasteiger partial charge in [-0.2, -0.15) is 0 Å². The highest BCUT2D eigenvalue weighted by Gasteiger charge is 2.24. The van der Waals surface area contributed by atoms with E-state index in [1.807, 2.05) is 11.8 Å². The maximum atomic E-state index is 14.3. The van der Waals surface area contributed by atoms with Crippen LogP contribution in [0.25, 0.3) is 22.5 Å². The Morgan fingerprint density at radius 1 is 1.18 bits per heavy atom. The van der Waals surface area contributed by atoms with Crippen LogP contribution in [0.15, 0.2) is 53.4 Å². The van der Waals surface area contributed by atoms with Gasteiger partial charge in [0.15, 0.2) is 9.84 Å². The average Bonchev–Trinajstić information content (AvgIpc) is 2.88. The van der Waals surface area contributed by atoms with Gasteiger partial charge in [0.1, 0.15) is 5.82 Å². The summed E-state index contributed by atoms with van der Waals surface area (Å²) in [6.45, 7) is 4.97. The number of carbonyl (C=O) groups is 1. The van der Waals surface area contributed by atoms with Crippen molar-refractivity contribution in [3.8, 4) is 22.5 Å². The third-order valence-electron chi connectivity index (χ3n) is 6.05. The molecule has 1 aliphatic rings. The first-order valence-electron chi connectivity index (χ1n) is 12.1. The number of urea groups is 1. The fraction of sp³-hybridized carbons (Fsp3) is 0.346. The third kappa shape index (κ3) is 6.44. The smallest absolute Gasteiger partial charge is 0.319 e. The van der Waals surface area contributed by atoms with E-state index < -0.39 is 27.7 Å². The third-order valence-corrected chi connectivity index (χ3v) is 7.20. The lowest BCUT2D eigenvalue weighted by Gasteiger charge is -2.33. The van der Waals surface area contributed by atoms with Gasteiger partial charge in [-0.15, -0.1) is 0 Å². The fourth-order valence-corrected chi connectivity index (χ4v) is 4.94. The second kappa shape index (κ2) is 11.4. The molecule has 0 spiro atoms. The summed E-state index contributed by atoms with van der Waals surface area (Å²) in [5.74, 6) is -0.213. The number of aliphatic hydroxyl groups is 1. The van der Waals surface area contributed by atoms with Crippen molar-refractivity contribution in [1.29, 1.82) is 0 Å². The molecular weight excluding hydrogens is 513 g/mol. The van der Waals surface area contributed by atoms with Gasteiger partial charge >= 0.3 is 6.03 Å². The van der Waals surface area contributed by atoms with Gasteiger partial charge < -0.3 is 25.4 Å². The number of halogens is 1. The second-order valence-electron chi connectivity index (χ2n) is 9.23. The van der Waals surface area contributed by atoms with Crippen LogP contribution in [0.4, 0.5) is 20.8 Å². The van der Waals surface area contributed by atoms with Gasteiger partial charge in [0.2, 0.25) is 5.95 Å². The quantitative estimate of drug-likeness (QED) is 0.387. The van der Waals surface area contributed by atoms with Gasteiger partial charge in [-0.3, -0.25) is 0 Å². The Hall–Kier alpha value is -3.61. The minimum Gasteiger partial charge on any atom is -0.394 e. The number of benzene rings is 2. The first-order valence-corrected chi connectivity index (χ1v) is 14.0. The number of aromatic nitrogens is 2. The molecule has 1 aliphatic heterocycles. The number of nitrogens with one attached hydrogen (secondary N) is 2. The summed E-state index contributed by atoms with van der Waals surface area (Å²) in [6, 6.07) is 11.2. The number of hydrogen-bond donors (Lipinski definition) is 3. The highest BCUT2D eigenvalue weighted by Crippen LogP contribution is 2.32. The molecule has 202 valence electrons. The Balaban J connectivity index is 1.77. The zero-order valence-electron chi connectivity index (χ0n) is 21.3. The van der Waals surface area contributed by atoms with Crippen molar-refractivity contribution in [3.63, 3.8) is 0 Å². The number of morpholine rings is 1. The van der Waals surface area contributed by atoms with Gasteiger partial charge in [0.25, 0.3) is 0 Å². The Kier molecular flexibility index (Phi) is 8.24. The summed E-state index contributed by atoms with van der Waals surface area (Å²) in [6.07, 6.45) is 1.07. The molecular formula is C26H30FN5O5S. The molecule has 2 heterocycles. The van der Waals surface area contributed by atoms with E-state index in [0.717, 1.165) is 18.4 Å². The van der Waals surface area contributed by atoms with Crippen LogP contribution in [0.3, 0.4) is 0 Å². The van der Waals surface area contributed by atoms with Crippen LogP contribution in [-0.2, 0) is 14.6 Å².